The highest BCUT2D eigenvalue weighted by Gasteiger charge is 2.34. The fourth-order valence-corrected chi connectivity index (χ4v) is 6.51. The molecule has 4 aromatic rings. The molecule has 11 nitrogen and oxygen atoms in total. The number of hydrogen-bond acceptors (Lipinski definition) is 11. The maximum Gasteiger partial charge on any atom is 0.338 e. The number of rotatable bonds is 10. The lowest BCUT2D eigenvalue weighted by Crippen LogP contribution is -2.40. The Balaban J connectivity index is 1.67. The Hall–Kier alpha value is -4.62. The molecule has 0 N–H and O–H groups in total. The van der Waals surface area contributed by atoms with Crippen LogP contribution in [0.25, 0.3) is 6.08 Å². The van der Waals surface area contributed by atoms with Crippen molar-refractivity contribution in [3.05, 3.63) is 113 Å². The summed E-state index contributed by atoms with van der Waals surface area (Å²) in [5.74, 6) is 0.0333. The molecule has 5 rings (SSSR count). The number of nitro groups is 1. The molecule has 0 saturated carbocycles. The molecule has 0 fully saturated rings. The molecule has 13 heteroatoms. The summed E-state index contributed by atoms with van der Waals surface area (Å²) in [6, 6.07) is 12.8. The number of nitro benzene ring substituents is 1. The zero-order valence-electron chi connectivity index (χ0n) is 23.6. The van der Waals surface area contributed by atoms with Gasteiger partial charge >= 0.3 is 5.97 Å². The van der Waals surface area contributed by atoms with Crippen molar-refractivity contribution in [3.63, 3.8) is 0 Å². The summed E-state index contributed by atoms with van der Waals surface area (Å²) in [5.41, 5.74) is 1.47. The Labute approximate surface area is 254 Å². The van der Waals surface area contributed by atoms with E-state index in [9.17, 15) is 19.7 Å². The molecule has 0 aliphatic carbocycles. The molecule has 0 spiro atoms. The van der Waals surface area contributed by atoms with Gasteiger partial charge in [0, 0.05) is 18.5 Å². The van der Waals surface area contributed by atoms with Crippen LogP contribution in [0.5, 0.6) is 5.75 Å². The maximum atomic E-state index is 14.0. The van der Waals surface area contributed by atoms with Gasteiger partial charge in [-0.25, -0.2) is 19.8 Å². The first-order chi connectivity index (χ1) is 20.8. The van der Waals surface area contributed by atoms with Crippen molar-refractivity contribution < 1.29 is 19.2 Å². The van der Waals surface area contributed by atoms with Crippen LogP contribution >= 0.6 is 23.1 Å². The van der Waals surface area contributed by atoms with Gasteiger partial charge in [0.1, 0.15) is 5.75 Å². The van der Waals surface area contributed by atoms with Crippen molar-refractivity contribution in [3.8, 4) is 5.75 Å². The Morgan fingerprint density at radius 1 is 1.16 bits per heavy atom. The minimum absolute atomic E-state index is 0.136. The fourth-order valence-electron chi connectivity index (χ4n) is 4.69. The molecule has 3 heterocycles. The van der Waals surface area contributed by atoms with Crippen LogP contribution in [0.2, 0.25) is 0 Å². The van der Waals surface area contributed by atoms with Crippen LogP contribution in [0.3, 0.4) is 0 Å². The number of esters is 1. The second kappa shape index (κ2) is 13.1. The van der Waals surface area contributed by atoms with E-state index in [2.05, 4.69) is 9.97 Å². The number of nitrogens with zero attached hydrogens (tertiary/aromatic N) is 5. The molecule has 43 heavy (non-hydrogen) atoms. The lowest BCUT2D eigenvalue weighted by molar-refractivity contribution is -0.387. The Morgan fingerprint density at radius 3 is 2.65 bits per heavy atom. The standard InChI is InChI=1S/C30H27N5O6S2/c1-4-8-21-25(28(37)41-5-2)26(19-9-6-10-20(17-19)40-3)34-27(36)24(43-30(34)33-21)16-18-11-12-23(22(15-18)35(38)39)42-29-31-13-7-14-32-29/h6-7,9-17,26H,4-5,8H2,1-3H3/b24-16+/t26-/m1/s1. The van der Waals surface area contributed by atoms with E-state index in [1.165, 1.54) is 10.6 Å². The van der Waals surface area contributed by atoms with Gasteiger partial charge in [-0.1, -0.05) is 42.9 Å². The molecule has 0 radical (unpaired) electrons. The summed E-state index contributed by atoms with van der Waals surface area (Å²) in [7, 11) is 1.55. The number of carbonyl (C=O) groups excluding carboxylic acids is 1. The van der Waals surface area contributed by atoms with E-state index in [1.807, 2.05) is 13.0 Å². The summed E-state index contributed by atoms with van der Waals surface area (Å²) in [4.78, 5) is 52.6. The molecule has 2 aromatic heterocycles. The number of ether oxygens (including phenoxy) is 2. The van der Waals surface area contributed by atoms with Crippen molar-refractivity contribution >= 4 is 40.8 Å². The van der Waals surface area contributed by atoms with Gasteiger partial charge in [-0.05, 0) is 66.6 Å². The van der Waals surface area contributed by atoms with E-state index in [1.54, 1.807) is 68.9 Å². The third-order valence-electron chi connectivity index (χ3n) is 6.52. The van der Waals surface area contributed by atoms with Crippen LogP contribution in [0.1, 0.15) is 43.9 Å². The topological polar surface area (TPSA) is 139 Å². The third kappa shape index (κ3) is 6.27. The fraction of sp³-hybridized carbons (Fsp3) is 0.233. The van der Waals surface area contributed by atoms with Crippen molar-refractivity contribution in [2.75, 3.05) is 13.7 Å². The summed E-state index contributed by atoms with van der Waals surface area (Å²) in [5, 5.41) is 12.3. The van der Waals surface area contributed by atoms with E-state index in [0.717, 1.165) is 29.5 Å². The first-order valence-electron chi connectivity index (χ1n) is 13.4. The molecule has 1 aliphatic heterocycles. The van der Waals surface area contributed by atoms with Crippen LogP contribution < -0.4 is 19.6 Å². The SMILES string of the molecule is CCCC1=C(C(=O)OCC)[C@@H](c2cccc(OC)c2)n2c(s/c(=C/c3ccc(Sc4ncccn4)c([N+](=O)[O-])c3)c2=O)=N1. The van der Waals surface area contributed by atoms with Crippen molar-refractivity contribution in [2.45, 2.75) is 42.8 Å². The van der Waals surface area contributed by atoms with Crippen molar-refractivity contribution in [1.29, 1.82) is 0 Å². The van der Waals surface area contributed by atoms with E-state index in [0.29, 0.717) is 54.0 Å². The Bertz CT molecular complexity index is 1900. The van der Waals surface area contributed by atoms with E-state index in [4.69, 9.17) is 14.5 Å². The molecule has 0 amide bonds. The first kappa shape index (κ1) is 29.9. The number of fused-ring (bicyclic) bond motifs is 1. The monoisotopic (exact) mass is 617 g/mol. The zero-order chi connectivity index (χ0) is 30.5. The summed E-state index contributed by atoms with van der Waals surface area (Å²) >= 11 is 2.24. The van der Waals surface area contributed by atoms with Gasteiger partial charge in [0.25, 0.3) is 11.2 Å². The van der Waals surface area contributed by atoms with Gasteiger partial charge in [0.05, 0.1) is 45.4 Å². The predicted molar refractivity (Wildman–Crippen MR) is 162 cm³/mol. The van der Waals surface area contributed by atoms with Gasteiger partial charge in [0.2, 0.25) is 0 Å². The highest BCUT2D eigenvalue weighted by Crippen LogP contribution is 2.35. The van der Waals surface area contributed by atoms with Crippen LogP contribution in [0.15, 0.2) is 92.0 Å². The highest BCUT2D eigenvalue weighted by atomic mass is 32.2. The molecule has 1 aliphatic rings. The largest absolute Gasteiger partial charge is 0.497 e. The highest BCUT2D eigenvalue weighted by molar-refractivity contribution is 7.99. The number of carbonyl (C=O) groups is 1. The predicted octanol–water partition coefficient (Wildman–Crippen LogP) is 4.44. The Kier molecular flexibility index (Phi) is 9.12. The van der Waals surface area contributed by atoms with Crippen LogP contribution in [0.4, 0.5) is 5.69 Å². The van der Waals surface area contributed by atoms with Gasteiger partial charge in [-0.2, -0.15) is 0 Å². The van der Waals surface area contributed by atoms with Crippen LogP contribution in [0, 0.1) is 10.1 Å². The van der Waals surface area contributed by atoms with E-state index < -0.39 is 16.9 Å². The minimum atomic E-state index is -0.798. The van der Waals surface area contributed by atoms with E-state index >= 15 is 0 Å². The third-order valence-corrected chi connectivity index (χ3v) is 8.46. The molecular formula is C30H27N5O6S2. The normalized spacial score (nSPS) is 14.7. The lowest BCUT2D eigenvalue weighted by atomic mass is 9.94. The number of benzene rings is 2. The van der Waals surface area contributed by atoms with Crippen molar-refractivity contribution in [2.24, 2.45) is 4.99 Å². The number of thiazole rings is 1. The smallest absolute Gasteiger partial charge is 0.338 e. The Morgan fingerprint density at radius 2 is 1.95 bits per heavy atom. The van der Waals surface area contributed by atoms with Gasteiger partial charge in [-0.3, -0.25) is 19.5 Å². The van der Waals surface area contributed by atoms with Gasteiger partial charge in [-0.15, -0.1) is 0 Å². The van der Waals surface area contributed by atoms with Crippen molar-refractivity contribution in [1.82, 2.24) is 14.5 Å². The summed E-state index contributed by atoms with van der Waals surface area (Å²) in [6.45, 7) is 3.88. The number of allylic oxidation sites excluding steroid dienone is 1. The molecular weight excluding hydrogens is 590 g/mol. The molecule has 220 valence electrons. The molecule has 1 atom stereocenters. The summed E-state index contributed by atoms with van der Waals surface area (Å²) in [6.07, 6.45) is 5.96. The van der Waals surface area contributed by atoms with E-state index in [-0.39, 0.29) is 17.9 Å². The minimum Gasteiger partial charge on any atom is -0.497 e. The molecule has 0 unspecified atom stereocenters. The summed E-state index contributed by atoms with van der Waals surface area (Å²) < 4.78 is 12.7. The maximum absolute atomic E-state index is 14.0. The average molecular weight is 618 g/mol. The molecule has 0 bridgehead atoms. The molecule has 2 aromatic carbocycles. The number of hydrogen-bond donors (Lipinski definition) is 0. The number of aromatic nitrogens is 3. The zero-order valence-corrected chi connectivity index (χ0v) is 25.2. The second-order valence-corrected chi connectivity index (χ2v) is 11.3. The lowest BCUT2D eigenvalue weighted by Gasteiger charge is -2.26. The van der Waals surface area contributed by atoms with Crippen LogP contribution in [-0.4, -0.2) is 39.1 Å². The quantitative estimate of drug-likeness (QED) is 0.109. The second-order valence-electron chi connectivity index (χ2n) is 9.31. The van der Waals surface area contributed by atoms with Gasteiger partial charge in [0.15, 0.2) is 9.96 Å². The van der Waals surface area contributed by atoms with Crippen LogP contribution in [-0.2, 0) is 9.53 Å². The first-order valence-corrected chi connectivity index (χ1v) is 15.1. The van der Waals surface area contributed by atoms with Gasteiger partial charge < -0.3 is 9.47 Å². The average Bonchev–Trinajstić information content (AvgIpc) is 3.31. The number of methoxy groups -OCH3 is 1. The molecule has 0 saturated heterocycles.